The third-order valence-electron chi connectivity index (χ3n) is 1.74. The fourth-order valence-corrected chi connectivity index (χ4v) is 1.09. The summed E-state index contributed by atoms with van der Waals surface area (Å²) in [5, 5.41) is 0. The maximum Gasteiger partial charge on any atom is 0.341 e. The molecule has 0 fully saturated rings. The predicted molar refractivity (Wildman–Crippen MR) is 48.9 cm³/mol. The Kier molecular flexibility index (Phi) is 3.60. The monoisotopic (exact) mass is 216 g/mol. The van der Waals surface area contributed by atoms with Crippen LogP contribution in [-0.4, -0.2) is 19.7 Å². The van der Waals surface area contributed by atoms with Gasteiger partial charge in [-0.2, -0.15) is 4.39 Å². The molecule has 1 aromatic carbocycles. The second kappa shape index (κ2) is 4.72. The first kappa shape index (κ1) is 11.4. The number of esters is 1. The molecular weight excluding hydrogens is 206 g/mol. The van der Waals surface area contributed by atoms with Crippen molar-refractivity contribution in [2.75, 3.05) is 13.7 Å². The number of benzene rings is 1. The van der Waals surface area contributed by atoms with Crippen LogP contribution >= 0.6 is 0 Å². The second-order valence-electron chi connectivity index (χ2n) is 2.66. The van der Waals surface area contributed by atoms with Crippen LogP contribution in [0.3, 0.4) is 0 Å². The first-order chi connectivity index (χ1) is 7.11. The standard InChI is InChI=1S/C10H10F2O3/c1-3-15-9-6(10(13)14-2)4-5-7(11)8(9)12/h4-5H,3H2,1-2H3. The average Bonchev–Trinajstić information content (AvgIpc) is 2.24. The minimum Gasteiger partial charge on any atom is -0.490 e. The van der Waals surface area contributed by atoms with E-state index >= 15 is 0 Å². The van der Waals surface area contributed by atoms with Gasteiger partial charge in [-0.3, -0.25) is 0 Å². The first-order valence-corrected chi connectivity index (χ1v) is 4.31. The molecule has 1 rings (SSSR count). The van der Waals surface area contributed by atoms with E-state index in [-0.39, 0.29) is 12.2 Å². The molecule has 0 bridgehead atoms. The SMILES string of the molecule is CCOc1c(C(=O)OC)ccc(F)c1F. The van der Waals surface area contributed by atoms with Crippen LogP contribution in [0.2, 0.25) is 0 Å². The van der Waals surface area contributed by atoms with Crippen molar-refractivity contribution in [1.82, 2.24) is 0 Å². The molecule has 0 aromatic heterocycles. The summed E-state index contributed by atoms with van der Waals surface area (Å²) in [6, 6.07) is 1.97. The molecule has 5 heteroatoms. The Morgan fingerprint density at radius 2 is 2.07 bits per heavy atom. The number of hydrogen-bond donors (Lipinski definition) is 0. The number of carbonyl (C=O) groups excluding carboxylic acids is 1. The van der Waals surface area contributed by atoms with Crippen molar-refractivity contribution in [3.63, 3.8) is 0 Å². The highest BCUT2D eigenvalue weighted by Gasteiger charge is 2.20. The van der Waals surface area contributed by atoms with Gasteiger partial charge in [0.05, 0.1) is 13.7 Å². The summed E-state index contributed by atoms with van der Waals surface area (Å²) >= 11 is 0. The molecule has 0 heterocycles. The van der Waals surface area contributed by atoms with E-state index in [2.05, 4.69) is 4.74 Å². The molecule has 15 heavy (non-hydrogen) atoms. The molecule has 0 aliphatic carbocycles. The van der Waals surface area contributed by atoms with Crippen molar-refractivity contribution in [3.8, 4) is 5.75 Å². The van der Waals surface area contributed by atoms with E-state index in [9.17, 15) is 13.6 Å². The van der Waals surface area contributed by atoms with Gasteiger partial charge in [-0.1, -0.05) is 0 Å². The largest absolute Gasteiger partial charge is 0.490 e. The summed E-state index contributed by atoms with van der Waals surface area (Å²) in [7, 11) is 1.15. The summed E-state index contributed by atoms with van der Waals surface area (Å²) in [6.07, 6.45) is 0. The molecule has 0 saturated carbocycles. The van der Waals surface area contributed by atoms with Crippen LogP contribution in [0.4, 0.5) is 8.78 Å². The van der Waals surface area contributed by atoms with Gasteiger partial charge in [0.25, 0.3) is 0 Å². The molecule has 0 radical (unpaired) electrons. The molecule has 0 saturated heterocycles. The van der Waals surface area contributed by atoms with E-state index in [4.69, 9.17) is 4.74 Å². The van der Waals surface area contributed by atoms with Crippen molar-refractivity contribution in [2.24, 2.45) is 0 Å². The first-order valence-electron chi connectivity index (χ1n) is 4.31. The van der Waals surface area contributed by atoms with Crippen LogP contribution in [0.1, 0.15) is 17.3 Å². The van der Waals surface area contributed by atoms with E-state index in [1.54, 1.807) is 6.92 Å². The summed E-state index contributed by atoms with van der Waals surface area (Å²) in [5.74, 6) is -3.42. The molecule has 0 aliphatic rings. The van der Waals surface area contributed by atoms with Crippen LogP contribution in [0, 0.1) is 11.6 Å². The van der Waals surface area contributed by atoms with Crippen molar-refractivity contribution < 1.29 is 23.0 Å². The number of ether oxygens (including phenoxy) is 2. The summed E-state index contributed by atoms with van der Waals surface area (Å²) in [5.41, 5.74) is -0.127. The Hall–Kier alpha value is -1.65. The summed E-state index contributed by atoms with van der Waals surface area (Å²) in [6.45, 7) is 1.73. The molecule has 0 atom stereocenters. The maximum absolute atomic E-state index is 13.2. The van der Waals surface area contributed by atoms with Crippen LogP contribution in [0.15, 0.2) is 12.1 Å². The molecule has 82 valence electrons. The lowest BCUT2D eigenvalue weighted by atomic mass is 10.2. The van der Waals surface area contributed by atoms with Crippen molar-refractivity contribution in [2.45, 2.75) is 6.92 Å². The van der Waals surface area contributed by atoms with Gasteiger partial charge >= 0.3 is 5.97 Å². The van der Waals surface area contributed by atoms with Crippen molar-refractivity contribution >= 4 is 5.97 Å². The highest BCUT2D eigenvalue weighted by molar-refractivity contribution is 5.92. The number of halogens is 2. The van der Waals surface area contributed by atoms with Gasteiger partial charge in [-0.25, -0.2) is 9.18 Å². The zero-order chi connectivity index (χ0) is 11.4. The third kappa shape index (κ3) is 2.23. The average molecular weight is 216 g/mol. The molecule has 0 unspecified atom stereocenters. The Morgan fingerprint density at radius 1 is 1.40 bits per heavy atom. The third-order valence-corrected chi connectivity index (χ3v) is 1.74. The number of rotatable bonds is 3. The zero-order valence-electron chi connectivity index (χ0n) is 8.34. The summed E-state index contributed by atoms with van der Waals surface area (Å²) in [4.78, 5) is 11.2. The lowest BCUT2D eigenvalue weighted by Gasteiger charge is -2.09. The van der Waals surface area contributed by atoms with Crippen LogP contribution in [-0.2, 0) is 4.74 Å². The van der Waals surface area contributed by atoms with Crippen LogP contribution in [0.25, 0.3) is 0 Å². The quantitative estimate of drug-likeness (QED) is 0.726. The van der Waals surface area contributed by atoms with E-state index < -0.39 is 23.4 Å². The van der Waals surface area contributed by atoms with Gasteiger partial charge in [0, 0.05) is 0 Å². The topological polar surface area (TPSA) is 35.5 Å². The van der Waals surface area contributed by atoms with Gasteiger partial charge in [0.15, 0.2) is 11.6 Å². The van der Waals surface area contributed by atoms with Gasteiger partial charge in [0.2, 0.25) is 5.82 Å². The predicted octanol–water partition coefficient (Wildman–Crippen LogP) is 2.15. The van der Waals surface area contributed by atoms with Crippen molar-refractivity contribution in [3.05, 3.63) is 29.3 Å². The fraction of sp³-hybridized carbons (Fsp3) is 0.300. The Labute approximate surface area is 85.6 Å². The molecule has 0 amide bonds. The van der Waals surface area contributed by atoms with E-state index in [1.165, 1.54) is 0 Å². The van der Waals surface area contributed by atoms with Gasteiger partial charge in [-0.05, 0) is 19.1 Å². The van der Waals surface area contributed by atoms with Crippen molar-refractivity contribution in [1.29, 1.82) is 0 Å². The smallest absolute Gasteiger partial charge is 0.341 e. The zero-order valence-corrected chi connectivity index (χ0v) is 8.34. The molecule has 1 aromatic rings. The minimum absolute atomic E-state index is 0.127. The Bertz CT molecular complexity index is 377. The number of methoxy groups -OCH3 is 1. The Morgan fingerprint density at radius 3 is 2.60 bits per heavy atom. The van der Waals surface area contributed by atoms with E-state index in [1.807, 2.05) is 0 Å². The molecule has 0 N–H and O–H groups in total. The lowest BCUT2D eigenvalue weighted by molar-refractivity contribution is 0.0595. The van der Waals surface area contributed by atoms with Gasteiger partial charge < -0.3 is 9.47 Å². The highest BCUT2D eigenvalue weighted by Crippen LogP contribution is 2.25. The van der Waals surface area contributed by atoms with Gasteiger partial charge in [0.1, 0.15) is 5.56 Å². The van der Waals surface area contributed by atoms with Crippen LogP contribution < -0.4 is 4.74 Å². The number of carbonyl (C=O) groups is 1. The molecular formula is C10H10F2O3. The molecule has 0 aliphatic heterocycles. The lowest BCUT2D eigenvalue weighted by Crippen LogP contribution is -2.08. The molecule has 3 nitrogen and oxygen atoms in total. The maximum atomic E-state index is 13.2. The van der Waals surface area contributed by atoms with Crippen LogP contribution in [0.5, 0.6) is 5.75 Å². The normalized spacial score (nSPS) is 9.87. The van der Waals surface area contributed by atoms with E-state index in [0.717, 1.165) is 19.2 Å². The van der Waals surface area contributed by atoms with E-state index in [0.29, 0.717) is 0 Å². The van der Waals surface area contributed by atoms with Gasteiger partial charge in [-0.15, -0.1) is 0 Å². The highest BCUT2D eigenvalue weighted by atomic mass is 19.2. The minimum atomic E-state index is -1.18. The fourth-order valence-electron chi connectivity index (χ4n) is 1.09. The molecule has 0 spiro atoms. The second-order valence-corrected chi connectivity index (χ2v) is 2.66. The summed E-state index contributed by atoms with van der Waals surface area (Å²) < 4.78 is 35.3. The number of hydrogen-bond acceptors (Lipinski definition) is 3. The Balaban J connectivity index is 3.26.